The van der Waals surface area contributed by atoms with E-state index >= 15 is 0 Å². The number of hydrogen-bond donors (Lipinski definition) is 3. The molecule has 0 aliphatic heterocycles. The first-order chi connectivity index (χ1) is 9.04. The number of carbonyl (C=O) groups excluding carboxylic acids is 2. The molecule has 0 bridgehead atoms. The maximum absolute atomic E-state index is 11.9. The number of nitrogens with two attached hydrogens (primary N) is 1. The van der Waals surface area contributed by atoms with Crippen LogP contribution >= 0.6 is 0 Å². The van der Waals surface area contributed by atoms with Gasteiger partial charge in [0, 0.05) is 25.6 Å². The standard InChI is InChI=1S/C13H25N3O3/c1-9-7-10(3-4-11(9)14)13(18)16-8-12(17)15-5-6-19-2/h9-11H,3-8,14H2,1-2H3,(H,15,17)(H,16,18). The Balaban J connectivity index is 2.22. The van der Waals surface area contributed by atoms with Gasteiger partial charge in [-0.1, -0.05) is 6.92 Å². The Morgan fingerprint density at radius 1 is 1.32 bits per heavy atom. The van der Waals surface area contributed by atoms with Gasteiger partial charge in [-0.2, -0.15) is 0 Å². The van der Waals surface area contributed by atoms with Crippen LogP contribution in [0.4, 0.5) is 0 Å². The molecule has 1 fully saturated rings. The van der Waals surface area contributed by atoms with Crippen molar-refractivity contribution in [1.82, 2.24) is 10.6 Å². The zero-order chi connectivity index (χ0) is 14.3. The van der Waals surface area contributed by atoms with Crippen LogP contribution in [0, 0.1) is 11.8 Å². The Morgan fingerprint density at radius 3 is 2.68 bits per heavy atom. The molecule has 3 unspecified atom stereocenters. The Hall–Kier alpha value is -1.14. The number of carbonyl (C=O) groups is 2. The average Bonchev–Trinajstić information content (AvgIpc) is 2.39. The van der Waals surface area contributed by atoms with Crippen LogP contribution in [-0.4, -0.2) is 44.7 Å². The Morgan fingerprint density at radius 2 is 2.05 bits per heavy atom. The summed E-state index contributed by atoms with van der Waals surface area (Å²) in [7, 11) is 1.57. The van der Waals surface area contributed by atoms with Crippen molar-refractivity contribution in [3.8, 4) is 0 Å². The molecule has 1 aliphatic rings. The van der Waals surface area contributed by atoms with Crippen LogP contribution in [0.15, 0.2) is 0 Å². The summed E-state index contributed by atoms with van der Waals surface area (Å²) < 4.78 is 4.82. The number of hydrogen-bond acceptors (Lipinski definition) is 4. The van der Waals surface area contributed by atoms with Gasteiger partial charge in [-0.05, 0) is 25.2 Å². The van der Waals surface area contributed by atoms with Gasteiger partial charge in [-0.15, -0.1) is 0 Å². The highest BCUT2D eigenvalue weighted by atomic mass is 16.5. The molecule has 1 rings (SSSR count). The van der Waals surface area contributed by atoms with Crippen molar-refractivity contribution in [2.24, 2.45) is 17.6 Å². The molecule has 0 aromatic rings. The average molecular weight is 271 g/mol. The summed E-state index contributed by atoms with van der Waals surface area (Å²) in [6.07, 6.45) is 2.49. The Labute approximate surface area is 114 Å². The monoisotopic (exact) mass is 271 g/mol. The molecule has 6 heteroatoms. The van der Waals surface area contributed by atoms with Crippen LogP contribution in [-0.2, 0) is 14.3 Å². The highest BCUT2D eigenvalue weighted by molar-refractivity contribution is 5.85. The lowest BCUT2D eigenvalue weighted by molar-refractivity contribution is -0.129. The minimum atomic E-state index is -0.189. The molecule has 2 amide bonds. The van der Waals surface area contributed by atoms with Crippen LogP contribution < -0.4 is 16.4 Å². The van der Waals surface area contributed by atoms with E-state index in [2.05, 4.69) is 17.6 Å². The van der Waals surface area contributed by atoms with Gasteiger partial charge in [-0.25, -0.2) is 0 Å². The molecule has 0 saturated heterocycles. The topological polar surface area (TPSA) is 93.5 Å². The fraction of sp³-hybridized carbons (Fsp3) is 0.846. The minimum absolute atomic E-state index is 0.0124. The van der Waals surface area contributed by atoms with Crippen LogP contribution in [0.5, 0.6) is 0 Å². The highest BCUT2D eigenvalue weighted by Gasteiger charge is 2.29. The Kier molecular flexibility index (Phi) is 6.80. The van der Waals surface area contributed by atoms with Gasteiger partial charge < -0.3 is 21.1 Å². The molecular formula is C13H25N3O3. The van der Waals surface area contributed by atoms with Crippen molar-refractivity contribution in [3.63, 3.8) is 0 Å². The third-order valence-corrected chi connectivity index (χ3v) is 3.66. The zero-order valence-corrected chi connectivity index (χ0v) is 11.8. The number of ether oxygens (including phenoxy) is 1. The van der Waals surface area contributed by atoms with E-state index in [0.717, 1.165) is 19.3 Å². The van der Waals surface area contributed by atoms with Crippen molar-refractivity contribution in [1.29, 1.82) is 0 Å². The molecule has 0 heterocycles. The van der Waals surface area contributed by atoms with Crippen LogP contribution in [0.1, 0.15) is 26.2 Å². The SMILES string of the molecule is COCCNC(=O)CNC(=O)C1CCC(N)C(C)C1. The van der Waals surface area contributed by atoms with Crippen LogP contribution in [0.25, 0.3) is 0 Å². The van der Waals surface area contributed by atoms with Crippen molar-refractivity contribution in [2.75, 3.05) is 26.8 Å². The van der Waals surface area contributed by atoms with Crippen molar-refractivity contribution in [3.05, 3.63) is 0 Å². The van der Waals surface area contributed by atoms with Gasteiger partial charge in [0.25, 0.3) is 0 Å². The van der Waals surface area contributed by atoms with E-state index in [4.69, 9.17) is 10.5 Å². The second-order valence-corrected chi connectivity index (χ2v) is 5.21. The molecule has 0 radical (unpaired) electrons. The molecule has 0 aromatic heterocycles. The summed E-state index contributed by atoms with van der Waals surface area (Å²) >= 11 is 0. The summed E-state index contributed by atoms with van der Waals surface area (Å²) in [6.45, 7) is 3.03. The molecular weight excluding hydrogens is 246 g/mol. The number of amides is 2. The fourth-order valence-corrected chi connectivity index (χ4v) is 2.32. The predicted octanol–water partition coefficient (Wildman–Crippen LogP) is -0.371. The second-order valence-electron chi connectivity index (χ2n) is 5.21. The quantitative estimate of drug-likeness (QED) is 0.575. The van der Waals surface area contributed by atoms with Crippen LogP contribution in [0.3, 0.4) is 0 Å². The Bertz CT molecular complexity index is 310. The van der Waals surface area contributed by atoms with Crippen molar-refractivity contribution in [2.45, 2.75) is 32.2 Å². The maximum Gasteiger partial charge on any atom is 0.239 e. The smallest absolute Gasteiger partial charge is 0.239 e. The van der Waals surface area contributed by atoms with Gasteiger partial charge in [0.2, 0.25) is 11.8 Å². The molecule has 110 valence electrons. The lowest BCUT2D eigenvalue weighted by Gasteiger charge is -2.30. The molecule has 6 nitrogen and oxygen atoms in total. The van der Waals surface area contributed by atoms with Gasteiger partial charge in [-0.3, -0.25) is 9.59 Å². The van der Waals surface area contributed by atoms with Gasteiger partial charge in [0.15, 0.2) is 0 Å². The lowest BCUT2D eigenvalue weighted by Crippen LogP contribution is -2.43. The van der Waals surface area contributed by atoms with E-state index in [9.17, 15) is 9.59 Å². The summed E-state index contributed by atoms with van der Waals surface area (Å²) in [5, 5.41) is 5.34. The summed E-state index contributed by atoms with van der Waals surface area (Å²) in [5.74, 6) is 0.119. The van der Waals surface area contributed by atoms with E-state index in [1.807, 2.05) is 0 Å². The predicted molar refractivity (Wildman–Crippen MR) is 72.4 cm³/mol. The third kappa shape index (κ3) is 5.57. The molecule has 4 N–H and O–H groups in total. The number of nitrogens with one attached hydrogen (secondary N) is 2. The molecule has 0 aromatic carbocycles. The first-order valence-electron chi connectivity index (χ1n) is 6.83. The van der Waals surface area contributed by atoms with E-state index in [1.165, 1.54) is 0 Å². The van der Waals surface area contributed by atoms with Gasteiger partial charge in [0.1, 0.15) is 0 Å². The van der Waals surface area contributed by atoms with Gasteiger partial charge in [0.05, 0.1) is 13.2 Å². The van der Waals surface area contributed by atoms with E-state index in [1.54, 1.807) is 7.11 Å². The highest BCUT2D eigenvalue weighted by Crippen LogP contribution is 2.27. The van der Waals surface area contributed by atoms with Crippen LogP contribution in [0.2, 0.25) is 0 Å². The van der Waals surface area contributed by atoms with E-state index in [0.29, 0.717) is 19.1 Å². The van der Waals surface area contributed by atoms with Crippen molar-refractivity contribution >= 4 is 11.8 Å². The zero-order valence-electron chi connectivity index (χ0n) is 11.8. The molecule has 3 atom stereocenters. The summed E-state index contributed by atoms with van der Waals surface area (Å²) in [6, 6.07) is 0.196. The fourth-order valence-electron chi connectivity index (χ4n) is 2.32. The lowest BCUT2D eigenvalue weighted by atomic mass is 9.79. The second kappa shape index (κ2) is 8.12. The summed E-state index contributed by atoms with van der Waals surface area (Å²) in [4.78, 5) is 23.3. The number of methoxy groups -OCH3 is 1. The molecule has 19 heavy (non-hydrogen) atoms. The molecule has 0 spiro atoms. The van der Waals surface area contributed by atoms with Crippen molar-refractivity contribution < 1.29 is 14.3 Å². The number of rotatable bonds is 6. The first kappa shape index (κ1) is 15.9. The van der Waals surface area contributed by atoms with E-state index < -0.39 is 0 Å². The molecule has 1 saturated carbocycles. The van der Waals surface area contributed by atoms with Gasteiger partial charge >= 0.3 is 0 Å². The first-order valence-corrected chi connectivity index (χ1v) is 6.83. The van der Waals surface area contributed by atoms with E-state index in [-0.39, 0.29) is 30.3 Å². The maximum atomic E-state index is 11.9. The summed E-state index contributed by atoms with van der Waals surface area (Å²) in [5.41, 5.74) is 5.92. The molecule has 1 aliphatic carbocycles. The third-order valence-electron chi connectivity index (χ3n) is 3.66. The minimum Gasteiger partial charge on any atom is -0.383 e. The normalized spacial score (nSPS) is 26.8. The largest absolute Gasteiger partial charge is 0.383 e.